The van der Waals surface area contributed by atoms with E-state index in [1.165, 1.54) is 0 Å². The van der Waals surface area contributed by atoms with Crippen LogP contribution in [0.25, 0.3) is 16.7 Å². The van der Waals surface area contributed by atoms with Crippen LogP contribution in [0.1, 0.15) is 11.3 Å². The Hall–Kier alpha value is -2.07. The fraction of sp³-hybridized carbons (Fsp3) is 0.154. The molecule has 4 nitrogen and oxygen atoms in total. The summed E-state index contributed by atoms with van der Waals surface area (Å²) in [6.07, 6.45) is 3.42. The zero-order chi connectivity index (χ0) is 11.8. The molecule has 3 rings (SSSR count). The molecule has 0 radical (unpaired) electrons. The van der Waals surface area contributed by atoms with Crippen molar-refractivity contribution < 1.29 is 9.52 Å². The van der Waals surface area contributed by atoms with E-state index in [4.69, 9.17) is 9.52 Å². The number of aliphatic hydroxyl groups excluding tert-OH is 1. The Labute approximate surface area is 98.1 Å². The fourth-order valence-electron chi connectivity index (χ4n) is 1.99. The first-order valence-electron chi connectivity index (χ1n) is 5.41. The van der Waals surface area contributed by atoms with Crippen LogP contribution in [0.15, 0.2) is 41.3 Å². The van der Waals surface area contributed by atoms with Gasteiger partial charge in [-0.25, -0.2) is 4.98 Å². The highest BCUT2D eigenvalue weighted by molar-refractivity contribution is 5.77. The van der Waals surface area contributed by atoms with Crippen LogP contribution in [0.4, 0.5) is 0 Å². The Balaban J connectivity index is 2.24. The lowest BCUT2D eigenvalue weighted by Gasteiger charge is -2.01. The van der Waals surface area contributed by atoms with Crippen LogP contribution in [-0.4, -0.2) is 14.7 Å². The summed E-state index contributed by atoms with van der Waals surface area (Å²) in [6.45, 7) is 1.84. The van der Waals surface area contributed by atoms with Crippen LogP contribution in [0.2, 0.25) is 0 Å². The number of hydrogen-bond acceptors (Lipinski definition) is 3. The van der Waals surface area contributed by atoms with Gasteiger partial charge in [-0.3, -0.25) is 4.57 Å². The molecule has 17 heavy (non-hydrogen) atoms. The molecule has 0 unspecified atom stereocenters. The molecule has 0 bridgehead atoms. The second-order valence-electron chi connectivity index (χ2n) is 3.93. The fourth-order valence-corrected chi connectivity index (χ4v) is 1.99. The maximum absolute atomic E-state index is 9.12. The second kappa shape index (κ2) is 3.75. The van der Waals surface area contributed by atoms with Crippen molar-refractivity contribution in [1.29, 1.82) is 0 Å². The second-order valence-corrected chi connectivity index (χ2v) is 3.93. The molecule has 4 heteroatoms. The SMILES string of the molecule is Cc1c(-n2cnc3ccccc32)coc1CO. The lowest BCUT2D eigenvalue weighted by atomic mass is 10.2. The molecule has 0 spiro atoms. The smallest absolute Gasteiger partial charge is 0.134 e. The minimum Gasteiger partial charge on any atom is -0.464 e. The number of aromatic nitrogens is 2. The largest absolute Gasteiger partial charge is 0.464 e. The molecule has 0 fully saturated rings. The number of furan rings is 1. The number of imidazole rings is 1. The standard InChI is InChI=1S/C13H12N2O2/c1-9-12(7-17-13(9)6-16)15-8-14-10-4-2-3-5-11(10)15/h2-5,7-8,16H,6H2,1H3. The Morgan fingerprint density at radius 2 is 2.18 bits per heavy atom. The van der Waals surface area contributed by atoms with Gasteiger partial charge >= 0.3 is 0 Å². The van der Waals surface area contributed by atoms with Gasteiger partial charge in [0.15, 0.2) is 0 Å². The van der Waals surface area contributed by atoms with Gasteiger partial charge in [0.25, 0.3) is 0 Å². The van der Waals surface area contributed by atoms with E-state index in [0.717, 1.165) is 22.3 Å². The lowest BCUT2D eigenvalue weighted by Crippen LogP contribution is -1.93. The lowest BCUT2D eigenvalue weighted by molar-refractivity contribution is 0.246. The number of rotatable bonds is 2. The van der Waals surface area contributed by atoms with E-state index in [9.17, 15) is 0 Å². The predicted octanol–water partition coefficient (Wildman–Crippen LogP) is 2.42. The van der Waals surface area contributed by atoms with Crippen molar-refractivity contribution in [3.63, 3.8) is 0 Å². The molecule has 2 aromatic heterocycles. The van der Waals surface area contributed by atoms with Crippen LogP contribution in [-0.2, 0) is 6.61 Å². The van der Waals surface area contributed by atoms with Gasteiger partial charge in [-0.2, -0.15) is 0 Å². The van der Waals surface area contributed by atoms with E-state index >= 15 is 0 Å². The zero-order valence-electron chi connectivity index (χ0n) is 9.42. The van der Waals surface area contributed by atoms with Gasteiger partial charge in [0.1, 0.15) is 25.0 Å². The summed E-state index contributed by atoms with van der Waals surface area (Å²) in [4.78, 5) is 4.33. The molecule has 0 aliphatic carbocycles. The molecule has 0 saturated carbocycles. The Morgan fingerprint density at radius 1 is 1.35 bits per heavy atom. The van der Waals surface area contributed by atoms with E-state index in [0.29, 0.717) is 5.76 Å². The first-order chi connectivity index (χ1) is 8.31. The molecule has 1 N–H and O–H groups in total. The van der Waals surface area contributed by atoms with Crippen LogP contribution < -0.4 is 0 Å². The zero-order valence-corrected chi connectivity index (χ0v) is 9.42. The highest BCUT2D eigenvalue weighted by Crippen LogP contribution is 2.24. The number of fused-ring (bicyclic) bond motifs is 1. The summed E-state index contributed by atoms with van der Waals surface area (Å²) in [5.74, 6) is 0.595. The average Bonchev–Trinajstić information content (AvgIpc) is 2.92. The van der Waals surface area contributed by atoms with Crippen LogP contribution in [0.5, 0.6) is 0 Å². The van der Waals surface area contributed by atoms with Crippen LogP contribution >= 0.6 is 0 Å². The molecular weight excluding hydrogens is 216 g/mol. The van der Waals surface area contributed by atoms with Gasteiger partial charge in [-0.05, 0) is 19.1 Å². The van der Waals surface area contributed by atoms with Crippen LogP contribution in [0.3, 0.4) is 0 Å². The number of hydrogen-bond donors (Lipinski definition) is 1. The van der Waals surface area contributed by atoms with Crippen molar-refractivity contribution in [3.05, 3.63) is 48.2 Å². The summed E-state index contributed by atoms with van der Waals surface area (Å²) in [6, 6.07) is 7.91. The topological polar surface area (TPSA) is 51.2 Å². The number of nitrogens with zero attached hydrogens (tertiary/aromatic N) is 2. The third-order valence-corrected chi connectivity index (χ3v) is 2.97. The molecule has 0 aliphatic heterocycles. The highest BCUT2D eigenvalue weighted by atomic mass is 16.4. The van der Waals surface area contributed by atoms with Crippen molar-refractivity contribution in [1.82, 2.24) is 9.55 Å². The normalized spacial score (nSPS) is 11.2. The number of aliphatic hydroxyl groups is 1. The third kappa shape index (κ3) is 1.45. The predicted molar refractivity (Wildman–Crippen MR) is 64.0 cm³/mol. The maximum atomic E-state index is 9.12. The van der Waals surface area contributed by atoms with Crippen molar-refractivity contribution >= 4 is 11.0 Å². The maximum Gasteiger partial charge on any atom is 0.134 e. The molecule has 0 atom stereocenters. The molecule has 3 aromatic rings. The molecule has 0 amide bonds. The minimum atomic E-state index is -0.0849. The van der Waals surface area contributed by atoms with Gasteiger partial charge in [-0.1, -0.05) is 12.1 Å². The van der Waals surface area contributed by atoms with E-state index in [2.05, 4.69) is 4.98 Å². The van der Waals surface area contributed by atoms with Crippen molar-refractivity contribution in [2.75, 3.05) is 0 Å². The van der Waals surface area contributed by atoms with E-state index in [1.54, 1.807) is 12.6 Å². The van der Waals surface area contributed by atoms with E-state index < -0.39 is 0 Å². The van der Waals surface area contributed by atoms with Gasteiger partial charge in [-0.15, -0.1) is 0 Å². The molecule has 86 valence electrons. The summed E-state index contributed by atoms with van der Waals surface area (Å²) >= 11 is 0. The van der Waals surface area contributed by atoms with Gasteiger partial charge < -0.3 is 9.52 Å². The monoisotopic (exact) mass is 228 g/mol. The molecule has 0 saturated heterocycles. The van der Waals surface area contributed by atoms with E-state index in [-0.39, 0.29) is 6.61 Å². The Morgan fingerprint density at radius 3 is 2.94 bits per heavy atom. The Bertz CT molecular complexity index is 667. The molecule has 2 heterocycles. The van der Waals surface area contributed by atoms with Crippen molar-refractivity contribution in [2.45, 2.75) is 13.5 Å². The average molecular weight is 228 g/mol. The number of benzene rings is 1. The van der Waals surface area contributed by atoms with Gasteiger partial charge in [0.05, 0.1) is 16.7 Å². The molecule has 0 aliphatic rings. The Kier molecular flexibility index (Phi) is 2.23. The van der Waals surface area contributed by atoms with Gasteiger partial charge in [0, 0.05) is 5.56 Å². The van der Waals surface area contributed by atoms with Gasteiger partial charge in [0.2, 0.25) is 0 Å². The third-order valence-electron chi connectivity index (χ3n) is 2.97. The summed E-state index contributed by atoms with van der Waals surface area (Å²) < 4.78 is 7.28. The number of para-hydroxylation sites is 2. The van der Waals surface area contributed by atoms with E-state index in [1.807, 2.05) is 35.8 Å². The minimum absolute atomic E-state index is 0.0849. The van der Waals surface area contributed by atoms with Crippen LogP contribution in [0, 0.1) is 6.92 Å². The quantitative estimate of drug-likeness (QED) is 0.732. The molecular formula is C13H12N2O2. The molecule has 1 aromatic carbocycles. The van der Waals surface area contributed by atoms with Crippen molar-refractivity contribution in [2.24, 2.45) is 0 Å². The summed E-state index contributed by atoms with van der Waals surface area (Å²) in [7, 11) is 0. The van der Waals surface area contributed by atoms with Crippen molar-refractivity contribution in [3.8, 4) is 5.69 Å². The summed E-state index contributed by atoms with van der Waals surface area (Å²) in [5, 5.41) is 9.12. The first-order valence-corrected chi connectivity index (χ1v) is 5.41. The summed E-state index contributed by atoms with van der Waals surface area (Å²) in [5.41, 5.74) is 3.83. The first kappa shape index (κ1) is 10.1. The highest BCUT2D eigenvalue weighted by Gasteiger charge is 2.12.